The van der Waals surface area contributed by atoms with Gasteiger partial charge < -0.3 is 31.9 Å². The number of carbonyl (C=O) groups is 6. The number of aryl methyl sites for hydroxylation is 3. The van der Waals surface area contributed by atoms with E-state index in [0.29, 0.717) is 32.3 Å². The summed E-state index contributed by atoms with van der Waals surface area (Å²) in [7, 11) is 8.71. The van der Waals surface area contributed by atoms with Crippen LogP contribution < -0.4 is 31.9 Å². The summed E-state index contributed by atoms with van der Waals surface area (Å²) in [5, 5.41) is 25.9. The number of nitro benzene ring substituents is 1. The van der Waals surface area contributed by atoms with Crippen LogP contribution >= 0.6 is 46.4 Å². The lowest BCUT2D eigenvalue weighted by atomic mass is 10.1. The number of hydrogen-bond donors (Lipinski definition) is 6. The second-order valence-corrected chi connectivity index (χ2v) is 17.1. The van der Waals surface area contributed by atoms with Crippen LogP contribution in [0.4, 0.5) is 36.4 Å². The molecular formula is C53H52Cl4F7N7O8. The van der Waals surface area contributed by atoms with E-state index in [2.05, 4.69) is 31.9 Å². The second kappa shape index (κ2) is 32.8. The summed E-state index contributed by atoms with van der Waals surface area (Å²) < 4.78 is 86.6. The van der Waals surface area contributed by atoms with Crippen LogP contribution in [0.5, 0.6) is 0 Å². The average molecular weight is 1190 g/mol. The number of nitrogens with zero attached hydrogens (tertiary/aromatic N) is 1. The molecule has 0 fully saturated rings. The molecule has 6 aromatic rings. The lowest BCUT2D eigenvalue weighted by Crippen LogP contribution is -2.22. The highest BCUT2D eigenvalue weighted by molar-refractivity contribution is 6.39. The average Bonchev–Trinajstić information content (AvgIpc) is 3.41. The van der Waals surface area contributed by atoms with Crippen LogP contribution in [0, 0.1) is 36.7 Å². The fourth-order valence-corrected chi connectivity index (χ4v) is 7.22. The molecule has 6 rings (SSSR count). The van der Waals surface area contributed by atoms with Gasteiger partial charge in [-0.2, -0.15) is 26.3 Å². The Morgan fingerprint density at radius 2 is 0.886 bits per heavy atom. The van der Waals surface area contributed by atoms with Crippen LogP contribution in [0.25, 0.3) is 0 Å². The normalized spacial score (nSPS) is 10.2. The number of hydrogen-bond acceptors (Lipinski definition) is 8. The van der Waals surface area contributed by atoms with Crippen LogP contribution in [0.3, 0.4) is 0 Å². The predicted octanol–water partition coefficient (Wildman–Crippen LogP) is 11.9. The molecule has 6 N–H and O–H groups in total. The summed E-state index contributed by atoms with van der Waals surface area (Å²) in [6.45, 7) is 5.81. The third-order valence-electron chi connectivity index (χ3n) is 10.0. The van der Waals surface area contributed by atoms with Crippen molar-refractivity contribution in [2.75, 3.05) is 42.3 Å². The van der Waals surface area contributed by atoms with Crippen LogP contribution in [0.1, 0.15) is 90.0 Å². The standard InChI is InChI=1S/C10H13NO.C9H7ClF3NO.C9H10ClNO.C9H7F4NO.C8H7Cl2NO.C8H8N2O3/c1-7-4-5-9(8(2)6-7)10(12)11-3;1-14-8(15)6-4-5(9(11,12)13)2-3-7(6)10;1-6-4-3-5-7(10)8(6)9(12)11-2;1-14-8(15)6-3-2-5(10)4-7(6)9(11,12)13;1-11-8(12)7-5(9)3-2-4-6(7)10;1-9-8(11)6-4-2-3-5-7(6)10(12)13/h4-6H,1-3H3,(H,11,12);2-4H,1H3,(H,14,15);3-5H,1-2H3,(H,11,12);2-4H,1H3,(H,14,15);2-4H,1H3,(H,11,12);2-5H,1H3,(H,9,11). The molecule has 0 saturated heterocycles. The van der Waals surface area contributed by atoms with Gasteiger partial charge in [0.2, 0.25) is 0 Å². The molecular weight excluding hydrogens is 1140 g/mol. The highest BCUT2D eigenvalue weighted by atomic mass is 35.5. The number of amides is 6. The van der Waals surface area contributed by atoms with Crippen molar-refractivity contribution in [2.24, 2.45) is 0 Å². The fourth-order valence-electron chi connectivity index (χ4n) is 6.14. The molecule has 6 aromatic carbocycles. The van der Waals surface area contributed by atoms with E-state index >= 15 is 0 Å². The van der Waals surface area contributed by atoms with Crippen molar-refractivity contribution in [3.8, 4) is 0 Å². The molecule has 0 radical (unpaired) electrons. The number of nitrogens with one attached hydrogen (secondary N) is 6. The molecule has 0 bridgehead atoms. The van der Waals surface area contributed by atoms with E-state index in [1.54, 1.807) is 44.4 Å². The highest BCUT2D eigenvalue weighted by Gasteiger charge is 2.35. The smallest absolute Gasteiger partial charge is 0.355 e. The summed E-state index contributed by atoms with van der Waals surface area (Å²) in [6.07, 6.45) is -9.22. The molecule has 424 valence electrons. The van der Waals surface area contributed by atoms with Gasteiger partial charge in [-0.1, -0.05) is 94.4 Å². The molecule has 26 heteroatoms. The summed E-state index contributed by atoms with van der Waals surface area (Å²) in [6, 6.07) is 26.4. The van der Waals surface area contributed by atoms with Gasteiger partial charge in [0.05, 0.1) is 58.4 Å². The molecule has 0 aliphatic heterocycles. The molecule has 0 heterocycles. The fraction of sp³-hybridized carbons (Fsp3) is 0.208. The molecule has 0 aliphatic rings. The van der Waals surface area contributed by atoms with Gasteiger partial charge in [-0.05, 0) is 98.6 Å². The quantitative estimate of drug-likeness (QED) is 0.0512. The Balaban J connectivity index is 0.000000475. The Kier molecular flexibility index (Phi) is 28.8. The second-order valence-electron chi connectivity index (χ2n) is 15.5. The van der Waals surface area contributed by atoms with Crippen molar-refractivity contribution in [1.82, 2.24) is 31.9 Å². The van der Waals surface area contributed by atoms with Crippen LogP contribution in [-0.2, 0) is 12.4 Å². The lowest BCUT2D eigenvalue weighted by Gasteiger charge is -2.11. The van der Waals surface area contributed by atoms with Crippen molar-refractivity contribution in [1.29, 1.82) is 0 Å². The van der Waals surface area contributed by atoms with Gasteiger partial charge in [0, 0.05) is 53.9 Å². The zero-order chi connectivity index (χ0) is 60.5. The Morgan fingerprint density at radius 3 is 1.35 bits per heavy atom. The number of nitro groups is 1. The molecule has 0 aromatic heterocycles. The first kappa shape index (κ1) is 69.2. The van der Waals surface area contributed by atoms with E-state index in [9.17, 15) is 69.6 Å². The van der Waals surface area contributed by atoms with Gasteiger partial charge in [0.15, 0.2) is 0 Å². The van der Waals surface area contributed by atoms with Crippen LogP contribution in [0.15, 0.2) is 115 Å². The van der Waals surface area contributed by atoms with Gasteiger partial charge in [0.25, 0.3) is 41.1 Å². The summed E-state index contributed by atoms with van der Waals surface area (Å²) in [5.74, 6) is -3.47. The van der Waals surface area contributed by atoms with Crippen molar-refractivity contribution in [2.45, 2.75) is 33.1 Å². The van der Waals surface area contributed by atoms with E-state index in [-0.39, 0.29) is 39.6 Å². The van der Waals surface area contributed by atoms with Gasteiger partial charge in [-0.25, -0.2) is 4.39 Å². The maximum absolute atomic E-state index is 12.6. The lowest BCUT2D eigenvalue weighted by molar-refractivity contribution is -0.385. The Labute approximate surface area is 469 Å². The minimum atomic E-state index is -4.75. The first-order valence-electron chi connectivity index (χ1n) is 22.4. The molecule has 0 spiro atoms. The van der Waals surface area contributed by atoms with Crippen molar-refractivity contribution in [3.63, 3.8) is 0 Å². The zero-order valence-electron chi connectivity index (χ0n) is 43.3. The molecule has 0 aliphatic carbocycles. The molecule has 0 unspecified atom stereocenters. The molecule has 6 amide bonds. The summed E-state index contributed by atoms with van der Waals surface area (Å²) in [4.78, 5) is 76.9. The largest absolute Gasteiger partial charge is 0.417 e. The Bertz CT molecular complexity index is 3020. The number of alkyl halides is 6. The van der Waals surface area contributed by atoms with Crippen LogP contribution in [-0.4, -0.2) is 82.7 Å². The SMILES string of the molecule is CNC(=O)c1c(C)cccc1Cl.CNC(=O)c1c(Cl)cccc1Cl.CNC(=O)c1cc(C(F)(F)F)ccc1Cl.CNC(=O)c1ccc(C)cc1C.CNC(=O)c1ccc(F)cc1C(F)(F)F.CNC(=O)c1ccccc1[N+](=O)[O-]. The van der Waals surface area contributed by atoms with Crippen LogP contribution in [0.2, 0.25) is 20.1 Å². The number of rotatable bonds is 7. The number of carbonyl (C=O) groups excluding carboxylic acids is 6. The summed E-state index contributed by atoms with van der Waals surface area (Å²) >= 11 is 22.9. The van der Waals surface area contributed by atoms with Crippen molar-refractivity contribution >= 4 is 87.5 Å². The molecule has 15 nitrogen and oxygen atoms in total. The molecule has 79 heavy (non-hydrogen) atoms. The van der Waals surface area contributed by atoms with E-state index in [4.69, 9.17) is 46.4 Å². The van der Waals surface area contributed by atoms with Gasteiger partial charge in [0.1, 0.15) is 11.4 Å². The number of benzene rings is 6. The zero-order valence-corrected chi connectivity index (χ0v) is 46.4. The molecule has 0 saturated carbocycles. The van der Waals surface area contributed by atoms with E-state index in [1.807, 2.05) is 51.1 Å². The molecule has 0 atom stereocenters. The van der Waals surface area contributed by atoms with Gasteiger partial charge in [-0.15, -0.1) is 0 Å². The topological polar surface area (TPSA) is 218 Å². The summed E-state index contributed by atoms with van der Waals surface area (Å²) in [5.41, 5.74) is 1.68. The maximum atomic E-state index is 12.6. The maximum Gasteiger partial charge on any atom is 0.417 e. The minimum absolute atomic E-state index is 0.0117. The highest BCUT2D eigenvalue weighted by Crippen LogP contribution is 2.33. The van der Waals surface area contributed by atoms with E-state index in [1.165, 1.54) is 52.0 Å². The number of para-hydroxylation sites is 1. The Morgan fingerprint density at radius 1 is 0.443 bits per heavy atom. The monoisotopic (exact) mass is 1190 g/mol. The first-order chi connectivity index (χ1) is 36.9. The van der Waals surface area contributed by atoms with E-state index < -0.39 is 57.5 Å². The van der Waals surface area contributed by atoms with E-state index in [0.717, 1.165) is 47.0 Å². The third kappa shape index (κ3) is 21.9. The number of halogens is 11. The first-order valence-corrected chi connectivity index (χ1v) is 23.9. The van der Waals surface area contributed by atoms with Crippen molar-refractivity contribution in [3.05, 3.63) is 212 Å². The minimum Gasteiger partial charge on any atom is -0.355 e. The predicted molar refractivity (Wildman–Crippen MR) is 290 cm³/mol. The van der Waals surface area contributed by atoms with Gasteiger partial charge >= 0.3 is 12.4 Å². The van der Waals surface area contributed by atoms with Gasteiger partial charge in [-0.3, -0.25) is 38.9 Å². The Hall–Kier alpha value is -7.79. The van der Waals surface area contributed by atoms with Crippen molar-refractivity contribution < 1.29 is 64.4 Å². The third-order valence-corrected chi connectivity index (χ3v) is 11.3.